The number of benzene rings is 1. The van der Waals surface area contributed by atoms with Gasteiger partial charge < -0.3 is 10.6 Å². The monoisotopic (exact) mass is 281 g/mol. The summed E-state index contributed by atoms with van der Waals surface area (Å²) in [5, 5.41) is 6.01. The normalized spacial score (nSPS) is 9.95. The minimum atomic E-state index is -0.151. The Morgan fingerprint density at radius 1 is 1.33 bits per heavy atom. The molecular formula is C17H19N3O. The number of rotatable bonds is 6. The number of aromatic nitrogens is 1. The second kappa shape index (κ2) is 7.24. The highest BCUT2D eigenvalue weighted by Gasteiger charge is 2.05. The molecule has 21 heavy (non-hydrogen) atoms. The molecular weight excluding hydrogens is 262 g/mol. The molecule has 0 aliphatic rings. The van der Waals surface area contributed by atoms with Crippen molar-refractivity contribution in [2.75, 3.05) is 11.9 Å². The van der Waals surface area contributed by atoms with Gasteiger partial charge in [0, 0.05) is 25.5 Å². The van der Waals surface area contributed by atoms with Gasteiger partial charge in [-0.2, -0.15) is 0 Å². The number of nitrogens with one attached hydrogen (secondary N) is 2. The first kappa shape index (κ1) is 14.8. The first-order chi connectivity index (χ1) is 10.2. The summed E-state index contributed by atoms with van der Waals surface area (Å²) in [4.78, 5) is 15.9. The number of aryl methyl sites for hydroxylation is 1. The van der Waals surface area contributed by atoms with Gasteiger partial charge in [0.25, 0.3) is 5.91 Å². The van der Waals surface area contributed by atoms with Crippen LogP contribution in [0.25, 0.3) is 0 Å². The molecule has 0 aliphatic heterocycles. The summed E-state index contributed by atoms with van der Waals surface area (Å²) in [6.45, 7) is 6.78. The summed E-state index contributed by atoms with van der Waals surface area (Å²) >= 11 is 0. The third kappa shape index (κ3) is 4.45. The number of hydrogen-bond donors (Lipinski definition) is 2. The van der Waals surface area contributed by atoms with Gasteiger partial charge in [0.2, 0.25) is 0 Å². The molecule has 1 amide bonds. The number of hydrogen-bond acceptors (Lipinski definition) is 3. The van der Waals surface area contributed by atoms with Crippen LogP contribution in [-0.2, 0) is 6.54 Å². The molecule has 0 spiro atoms. The number of carbonyl (C=O) groups excluding carboxylic acids is 1. The minimum Gasteiger partial charge on any atom is -0.380 e. The van der Waals surface area contributed by atoms with E-state index in [2.05, 4.69) is 47.3 Å². The third-order valence-electron chi connectivity index (χ3n) is 2.99. The van der Waals surface area contributed by atoms with Gasteiger partial charge in [-0.15, -0.1) is 6.58 Å². The summed E-state index contributed by atoms with van der Waals surface area (Å²) in [6.07, 6.45) is 4.90. The zero-order chi connectivity index (χ0) is 15.1. The molecule has 0 aliphatic carbocycles. The lowest BCUT2D eigenvalue weighted by atomic mass is 10.1. The molecule has 2 aromatic rings. The molecule has 108 valence electrons. The van der Waals surface area contributed by atoms with Crippen LogP contribution in [0.1, 0.15) is 21.5 Å². The van der Waals surface area contributed by atoms with Crippen molar-refractivity contribution in [3.63, 3.8) is 0 Å². The second-order valence-electron chi connectivity index (χ2n) is 4.80. The van der Waals surface area contributed by atoms with E-state index in [1.807, 2.05) is 6.07 Å². The zero-order valence-electron chi connectivity index (χ0n) is 12.1. The minimum absolute atomic E-state index is 0.151. The van der Waals surface area contributed by atoms with E-state index >= 15 is 0 Å². The molecule has 0 fully saturated rings. The molecule has 1 aromatic heterocycles. The standard InChI is InChI=1S/C17H19N3O/c1-3-7-19-17(21)15-9-16(12-18-11-15)20-10-14-6-4-5-13(2)8-14/h3-6,8-9,11-12,20H,1,7,10H2,2H3,(H,19,21). The molecule has 0 atom stereocenters. The lowest BCUT2D eigenvalue weighted by Gasteiger charge is -2.08. The number of carbonyl (C=O) groups is 1. The molecule has 4 nitrogen and oxygen atoms in total. The predicted octanol–water partition coefficient (Wildman–Crippen LogP) is 2.92. The van der Waals surface area contributed by atoms with Crippen molar-refractivity contribution < 1.29 is 4.79 Å². The molecule has 0 radical (unpaired) electrons. The molecule has 0 saturated heterocycles. The highest BCUT2D eigenvalue weighted by molar-refractivity contribution is 5.94. The molecule has 2 rings (SSSR count). The van der Waals surface area contributed by atoms with Crippen LogP contribution in [0.3, 0.4) is 0 Å². The SMILES string of the molecule is C=CCNC(=O)c1cncc(NCc2cccc(C)c2)c1. The fraction of sp³-hybridized carbons (Fsp3) is 0.176. The molecule has 4 heteroatoms. The molecule has 1 aromatic carbocycles. The maximum Gasteiger partial charge on any atom is 0.253 e. The summed E-state index contributed by atoms with van der Waals surface area (Å²) in [5.74, 6) is -0.151. The molecule has 0 bridgehead atoms. The number of anilines is 1. The molecule has 2 N–H and O–H groups in total. The highest BCUT2D eigenvalue weighted by atomic mass is 16.1. The summed E-state index contributed by atoms with van der Waals surface area (Å²) in [7, 11) is 0. The average molecular weight is 281 g/mol. The smallest absolute Gasteiger partial charge is 0.253 e. The Hall–Kier alpha value is -2.62. The van der Waals surface area contributed by atoms with E-state index in [1.165, 1.54) is 11.1 Å². The number of pyridine rings is 1. The first-order valence-corrected chi connectivity index (χ1v) is 6.82. The molecule has 1 heterocycles. The number of amides is 1. The Labute approximate surface area is 124 Å². The van der Waals surface area contributed by atoms with Gasteiger partial charge in [-0.25, -0.2) is 0 Å². The van der Waals surface area contributed by atoms with E-state index in [-0.39, 0.29) is 5.91 Å². The molecule has 0 saturated carbocycles. The second-order valence-corrected chi connectivity index (χ2v) is 4.80. The van der Waals surface area contributed by atoms with Crippen LogP contribution >= 0.6 is 0 Å². The van der Waals surface area contributed by atoms with Crippen LogP contribution in [0, 0.1) is 6.92 Å². The van der Waals surface area contributed by atoms with Gasteiger partial charge in [0.05, 0.1) is 11.3 Å². The predicted molar refractivity (Wildman–Crippen MR) is 85.3 cm³/mol. The van der Waals surface area contributed by atoms with Gasteiger partial charge in [-0.3, -0.25) is 9.78 Å². The lowest BCUT2D eigenvalue weighted by Crippen LogP contribution is -2.23. The van der Waals surface area contributed by atoms with Gasteiger partial charge in [0.1, 0.15) is 0 Å². The maximum absolute atomic E-state index is 11.8. The van der Waals surface area contributed by atoms with Crippen molar-refractivity contribution in [2.24, 2.45) is 0 Å². The first-order valence-electron chi connectivity index (χ1n) is 6.82. The Bertz CT molecular complexity index is 637. The van der Waals surface area contributed by atoms with Gasteiger partial charge in [-0.05, 0) is 18.6 Å². The maximum atomic E-state index is 11.8. The topological polar surface area (TPSA) is 54.0 Å². The van der Waals surface area contributed by atoms with Crippen molar-refractivity contribution in [2.45, 2.75) is 13.5 Å². The van der Waals surface area contributed by atoms with Crippen molar-refractivity contribution in [1.82, 2.24) is 10.3 Å². The van der Waals surface area contributed by atoms with E-state index < -0.39 is 0 Å². The zero-order valence-corrected chi connectivity index (χ0v) is 12.1. The Kier molecular flexibility index (Phi) is 5.10. The van der Waals surface area contributed by atoms with Gasteiger partial charge in [-0.1, -0.05) is 35.9 Å². The fourth-order valence-corrected chi connectivity index (χ4v) is 1.95. The van der Waals surface area contributed by atoms with Gasteiger partial charge >= 0.3 is 0 Å². The van der Waals surface area contributed by atoms with Crippen LogP contribution in [0.5, 0.6) is 0 Å². The van der Waals surface area contributed by atoms with Crippen LogP contribution < -0.4 is 10.6 Å². The summed E-state index contributed by atoms with van der Waals surface area (Å²) < 4.78 is 0. The summed E-state index contributed by atoms with van der Waals surface area (Å²) in [5.41, 5.74) is 3.77. The van der Waals surface area contributed by atoms with E-state index in [1.54, 1.807) is 24.5 Å². The van der Waals surface area contributed by atoms with E-state index in [0.717, 1.165) is 5.69 Å². The van der Waals surface area contributed by atoms with Crippen LogP contribution in [0.15, 0.2) is 55.4 Å². The Balaban J connectivity index is 2.00. The lowest BCUT2D eigenvalue weighted by molar-refractivity contribution is 0.0957. The highest BCUT2D eigenvalue weighted by Crippen LogP contribution is 2.11. The van der Waals surface area contributed by atoms with Crippen molar-refractivity contribution in [1.29, 1.82) is 0 Å². The van der Waals surface area contributed by atoms with Crippen LogP contribution in [0.2, 0.25) is 0 Å². The van der Waals surface area contributed by atoms with Gasteiger partial charge in [0.15, 0.2) is 0 Å². The van der Waals surface area contributed by atoms with Crippen molar-refractivity contribution in [3.8, 4) is 0 Å². The van der Waals surface area contributed by atoms with Crippen molar-refractivity contribution >= 4 is 11.6 Å². The van der Waals surface area contributed by atoms with Crippen LogP contribution in [0.4, 0.5) is 5.69 Å². The largest absolute Gasteiger partial charge is 0.380 e. The number of nitrogens with zero attached hydrogens (tertiary/aromatic N) is 1. The Morgan fingerprint density at radius 2 is 2.19 bits per heavy atom. The average Bonchev–Trinajstić information content (AvgIpc) is 2.51. The van der Waals surface area contributed by atoms with E-state index in [0.29, 0.717) is 18.7 Å². The Morgan fingerprint density at radius 3 is 2.95 bits per heavy atom. The third-order valence-corrected chi connectivity index (χ3v) is 2.99. The quantitative estimate of drug-likeness (QED) is 0.800. The van der Waals surface area contributed by atoms with E-state index in [9.17, 15) is 4.79 Å². The van der Waals surface area contributed by atoms with Crippen molar-refractivity contribution in [3.05, 3.63) is 72.1 Å². The molecule has 0 unspecified atom stereocenters. The summed E-state index contributed by atoms with van der Waals surface area (Å²) in [6, 6.07) is 10.1. The van der Waals surface area contributed by atoms with E-state index in [4.69, 9.17) is 0 Å². The van der Waals surface area contributed by atoms with Crippen LogP contribution in [-0.4, -0.2) is 17.4 Å². The fourth-order valence-electron chi connectivity index (χ4n) is 1.95.